The van der Waals surface area contributed by atoms with Crippen LogP contribution < -0.4 is 5.32 Å². The zero-order valence-electron chi connectivity index (χ0n) is 18.9. The minimum Gasteiger partial charge on any atom is -0.357 e. The molecule has 0 aliphatic carbocycles. The first-order valence-electron chi connectivity index (χ1n) is 11.6. The summed E-state index contributed by atoms with van der Waals surface area (Å²) in [4.78, 5) is 24.3. The predicted octanol–water partition coefficient (Wildman–Crippen LogP) is 1.33. The molecule has 0 radical (unpaired) electrons. The first-order valence-corrected chi connectivity index (χ1v) is 11.6. The third-order valence-electron chi connectivity index (χ3n) is 6.58. The van der Waals surface area contributed by atoms with E-state index in [0.717, 1.165) is 89.2 Å². The number of halogens is 1. The Kier molecular flexibility index (Phi) is 8.94. The van der Waals surface area contributed by atoms with Crippen molar-refractivity contribution in [2.45, 2.75) is 65.1 Å². The minimum atomic E-state index is -0.0349. The number of likely N-dealkylation sites (tertiary alicyclic amines) is 1. The van der Waals surface area contributed by atoms with Crippen molar-refractivity contribution in [1.29, 1.82) is 0 Å². The van der Waals surface area contributed by atoms with Crippen molar-refractivity contribution < 1.29 is 4.79 Å². The Morgan fingerprint density at radius 1 is 1.00 bits per heavy atom. The monoisotopic (exact) mass is 544 g/mol. The number of piperazine rings is 1. The highest BCUT2D eigenvalue weighted by Crippen LogP contribution is 2.16. The second-order valence-corrected chi connectivity index (χ2v) is 8.54. The van der Waals surface area contributed by atoms with Gasteiger partial charge in [-0.05, 0) is 39.5 Å². The molecule has 2 saturated heterocycles. The molecule has 1 unspecified atom stereocenters. The number of carbonyl (C=O) groups is 1. The molecule has 0 saturated carbocycles. The van der Waals surface area contributed by atoms with Gasteiger partial charge in [0.2, 0.25) is 5.91 Å². The summed E-state index contributed by atoms with van der Waals surface area (Å²) in [6, 6.07) is -0.0349. The topological polar surface area (TPSA) is 81.9 Å². The summed E-state index contributed by atoms with van der Waals surface area (Å²) in [5.41, 5.74) is 0. The van der Waals surface area contributed by atoms with Gasteiger partial charge in [-0.3, -0.25) is 9.69 Å². The highest BCUT2D eigenvalue weighted by Gasteiger charge is 2.30. The molecule has 0 aromatic carbocycles. The average Bonchev–Trinajstić information content (AvgIpc) is 3.46. The molecule has 31 heavy (non-hydrogen) atoms. The Bertz CT molecular complexity index is 753. The maximum absolute atomic E-state index is 12.7. The lowest BCUT2D eigenvalue weighted by Gasteiger charge is -2.39. The van der Waals surface area contributed by atoms with E-state index in [1.165, 1.54) is 12.8 Å². The SMILES string of the molecule is CCNC(=NCc1nnc2n1CCCC2)N1CCN(C(C)C(=O)N2CCCC2)CC1.I. The fourth-order valence-electron chi connectivity index (χ4n) is 4.74. The first-order chi connectivity index (χ1) is 14.7. The van der Waals surface area contributed by atoms with Crippen LogP contribution in [0.3, 0.4) is 0 Å². The number of nitrogens with one attached hydrogen (secondary N) is 1. The van der Waals surface area contributed by atoms with E-state index < -0.39 is 0 Å². The maximum atomic E-state index is 12.7. The van der Waals surface area contributed by atoms with Crippen molar-refractivity contribution in [2.75, 3.05) is 45.8 Å². The molecule has 9 nitrogen and oxygen atoms in total. The van der Waals surface area contributed by atoms with Gasteiger partial charge >= 0.3 is 0 Å². The number of aryl methyl sites for hydroxylation is 1. The molecular formula is C21H37IN8O. The third kappa shape index (κ3) is 5.68. The van der Waals surface area contributed by atoms with Crippen LogP contribution in [0.2, 0.25) is 0 Å². The zero-order chi connectivity index (χ0) is 20.9. The number of aliphatic imine (C=N–C) groups is 1. The first kappa shape index (κ1) is 24.2. The van der Waals surface area contributed by atoms with E-state index in [4.69, 9.17) is 4.99 Å². The third-order valence-corrected chi connectivity index (χ3v) is 6.58. The second-order valence-electron chi connectivity index (χ2n) is 8.54. The molecule has 1 N–H and O–H groups in total. The van der Waals surface area contributed by atoms with E-state index in [1.54, 1.807) is 0 Å². The minimum absolute atomic E-state index is 0. The van der Waals surface area contributed by atoms with E-state index in [0.29, 0.717) is 6.54 Å². The van der Waals surface area contributed by atoms with E-state index in [1.807, 2.05) is 4.90 Å². The number of amides is 1. The largest absolute Gasteiger partial charge is 0.357 e. The van der Waals surface area contributed by atoms with Gasteiger partial charge in [-0.1, -0.05) is 0 Å². The number of fused-ring (bicyclic) bond motifs is 1. The lowest BCUT2D eigenvalue weighted by molar-refractivity contribution is -0.135. The Hall–Kier alpha value is -1.43. The van der Waals surface area contributed by atoms with Crippen LogP contribution in [0, 0.1) is 0 Å². The van der Waals surface area contributed by atoms with Crippen molar-refractivity contribution in [1.82, 2.24) is 34.8 Å². The Morgan fingerprint density at radius 3 is 2.42 bits per heavy atom. The Balaban J connectivity index is 0.00000272. The summed E-state index contributed by atoms with van der Waals surface area (Å²) < 4.78 is 2.24. The van der Waals surface area contributed by atoms with Gasteiger partial charge in [0, 0.05) is 58.8 Å². The number of guanidine groups is 1. The highest BCUT2D eigenvalue weighted by atomic mass is 127. The lowest BCUT2D eigenvalue weighted by atomic mass is 10.2. The van der Waals surface area contributed by atoms with E-state index in [9.17, 15) is 4.79 Å². The van der Waals surface area contributed by atoms with Crippen molar-refractivity contribution in [3.8, 4) is 0 Å². The molecule has 1 aromatic rings. The summed E-state index contributed by atoms with van der Waals surface area (Å²) in [7, 11) is 0. The Labute approximate surface area is 202 Å². The molecule has 3 aliphatic rings. The molecule has 0 spiro atoms. The van der Waals surface area contributed by atoms with Crippen LogP contribution in [-0.2, 0) is 24.3 Å². The van der Waals surface area contributed by atoms with Gasteiger partial charge in [0.25, 0.3) is 0 Å². The molecule has 1 atom stereocenters. The van der Waals surface area contributed by atoms with Crippen molar-refractivity contribution >= 4 is 35.8 Å². The van der Waals surface area contributed by atoms with Gasteiger partial charge in [-0.15, -0.1) is 34.2 Å². The maximum Gasteiger partial charge on any atom is 0.239 e. The molecule has 0 bridgehead atoms. The summed E-state index contributed by atoms with van der Waals surface area (Å²) in [6.07, 6.45) is 5.70. The molecule has 10 heteroatoms. The summed E-state index contributed by atoms with van der Waals surface area (Å²) in [5.74, 6) is 3.28. The van der Waals surface area contributed by atoms with Gasteiger partial charge in [0.1, 0.15) is 12.4 Å². The number of hydrogen-bond acceptors (Lipinski definition) is 5. The van der Waals surface area contributed by atoms with Gasteiger partial charge in [-0.2, -0.15) is 0 Å². The molecule has 2 fully saturated rings. The summed E-state index contributed by atoms with van der Waals surface area (Å²) in [5, 5.41) is 12.1. The fraction of sp³-hybridized carbons (Fsp3) is 0.810. The summed E-state index contributed by atoms with van der Waals surface area (Å²) >= 11 is 0. The average molecular weight is 544 g/mol. The number of carbonyl (C=O) groups excluding carboxylic acids is 1. The number of rotatable bonds is 5. The number of hydrogen-bond donors (Lipinski definition) is 1. The molecule has 174 valence electrons. The quantitative estimate of drug-likeness (QED) is 0.342. The van der Waals surface area contributed by atoms with E-state index >= 15 is 0 Å². The molecule has 4 rings (SSSR count). The van der Waals surface area contributed by atoms with Crippen LogP contribution in [0.1, 0.15) is 51.2 Å². The predicted molar refractivity (Wildman–Crippen MR) is 132 cm³/mol. The van der Waals surface area contributed by atoms with Crippen molar-refractivity contribution in [2.24, 2.45) is 4.99 Å². The molecular weight excluding hydrogens is 507 g/mol. The molecule has 1 aromatic heterocycles. The van der Waals surface area contributed by atoms with E-state index in [2.05, 4.69) is 43.7 Å². The van der Waals surface area contributed by atoms with Crippen LogP contribution in [0.25, 0.3) is 0 Å². The van der Waals surface area contributed by atoms with Crippen LogP contribution in [0.4, 0.5) is 0 Å². The second kappa shape index (κ2) is 11.4. The van der Waals surface area contributed by atoms with Gasteiger partial charge < -0.3 is 19.7 Å². The van der Waals surface area contributed by atoms with Gasteiger partial charge in [-0.25, -0.2) is 4.99 Å². The van der Waals surface area contributed by atoms with Crippen LogP contribution in [-0.4, -0.2) is 93.2 Å². The van der Waals surface area contributed by atoms with Crippen molar-refractivity contribution in [3.05, 3.63) is 11.6 Å². The standard InChI is InChI=1S/C21H36N8O.HI/c1-3-22-21(23-16-19-25-24-18-8-4-5-11-29(18)19)28-14-12-26(13-15-28)17(2)20(30)27-9-6-7-10-27;/h17H,3-16H2,1-2H3,(H,22,23);1H. The summed E-state index contributed by atoms with van der Waals surface area (Å²) in [6.45, 7) is 11.9. The smallest absolute Gasteiger partial charge is 0.239 e. The van der Waals surface area contributed by atoms with E-state index in [-0.39, 0.29) is 35.9 Å². The Morgan fingerprint density at radius 2 is 1.71 bits per heavy atom. The molecule has 3 aliphatic heterocycles. The normalized spacial score (nSPS) is 20.9. The number of nitrogens with zero attached hydrogens (tertiary/aromatic N) is 7. The van der Waals surface area contributed by atoms with Crippen molar-refractivity contribution in [3.63, 3.8) is 0 Å². The van der Waals surface area contributed by atoms with Gasteiger partial charge in [0.15, 0.2) is 11.8 Å². The van der Waals surface area contributed by atoms with Gasteiger partial charge in [0.05, 0.1) is 6.04 Å². The zero-order valence-corrected chi connectivity index (χ0v) is 21.3. The highest BCUT2D eigenvalue weighted by molar-refractivity contribution is 14.0. The molecule has 4 heterocycles. The number of aromatic nitrogens is 3. The van der Waals surface area contributed by atoms with Crippen LogP contribution in [0.15, 0.2) is 4.99 Å². The fourth-order valence-corrected chi connectivity index (χ4v) is 4.74. The van der Waals surface area contributed by atoms with Crippen LogP contribution in [0.5, 0.6) is 0 Å². The molecule has 1 amide bonds. The van der Waals surface area contributed by atoms with Crippen LogP contribution >= 0.6 is 24.0 Å². The lowest BCUT2D eigenvalue weighted by Crippen LogP contribution is -2.57.